The fraction of sp³-hybridized carbons (Fsp3) is 0.158. The number of hydrogen-bond acceptors (Lipinski definition) is 2. The lowest BCUT2D eigenvalue weighted by Crippen LogP contribution is -2.27. The number of aromatic nitrogens is 2. The average molecular weight is 359 g/mol. The van der Waals surface area contributed by atoms with E-state index in [0.29, 0.717) is 5.69 Å². The molecule has 0 spiro atoms. The van der Waals surface area contributed by atoms with Gasteiger partial charge in [0.15, 0.2) is 10.3 Å². The Balaban J connectivity index is 2.30. The Kier molecular flexibility index (Phi) is 4.74. The zero-order chi connectivity index (χ0) is 17.3. The zero-order valence-electron chi connectivity index (χ0n) is 13.3. The second kappa shape index (κ2) is 6.80. The van der Waals surface area contributed by atoms with Crippen LogP contribution in [-0.2, 0) is 0 Å². The summed E-state index contributed by atoms with van der Waals surface area (Å²) >= 11 is 12.4. The highest BCUT2D eigenvalue weighted by Gasteiger charge is 2.21. The van der Waals surface area contributed by atoms with Crippen molar-refractivity contribution in [3.8, 4) is 11.3 Å². The Labute approximate surface area is 150 Å². The van der Waals surface area contributed by atoms with Crippen LogP contribution >= 0.6 is 23.2 Å². The van der Waals surface area contributed by atoms with Gasteiger partial charge in [-0.1, -0.05) is 77.3 Å². The molecule has 0 saturated carbocycles. The highest BCUT2D eigenvalue weighted by molar-refractivity contribution is 6.33. The molecule has 122 valence electrons. The van der Waals surface area contributed by atoms with Crippen molar-refractivity contribution in [2.75, 3.05) is 0 Å². The number of halogens is 2. The third kappa shape index (κ3) is 3.10. The topological polar surface area (TPSA) is 34.9 Å². The monoisotopic (exact) mass is 358 g/mol. The van der Waals surface area contributed by atoms with Crippen LogP contribution in [0.3, 0.4) is 0 Å². The molecular formula is C19H16Cl2N2O. The van der Waals surface area contributed by atoms with E-state index < -0.39 is 0 Å². The van der Waals surface area contributed by atoms with Crippen molar-refractivity contribution in [3.63, 3.8) is 0 Å². The SMILES string of the molecule is Cc1cccc(-c2c(Cl)nc(Cl)c(=O)n2[C@H](C)c2ccccc2)c1. The van der Waals surface area contributed by atoms with E-state index in [1.54, 1.807) is 4.57 Å². The number of aryl methyl sites for hydroxylation is 1. The van der Waals surface area contributed by atoms with Crippen molar-refractivity contribution in [2.45, 2.75) is 19.9 Å². The molecule has 0 fully saturated rings. The van der Waals surface area contributed by atoms with Crippen LogP contribution in [0.1, 0.15) is 24.1 Å². The predicted octanol–water partition coefficient (Wildman–Crippen LogP) is 5.13. The highest BCUT2D eigenvalue weighted by atomic mass is 35.5. The standard InChI is InChI=1S/C19H16Cl2N2O/c1-12-7-6-10-15(11-12)16-17(20)22-18(21)19(24)23(16)13(2)14-8-4-3-5-9-14/h3-11,13H,1-2H3/t13-/m1/s1. The van der Waals surface area contributed by atoms with Crippen LogP contribution in [0.25, 0.3) is 11.3 Å². The Morgan fingerprint density at radius 3 is 2.38 bits per heavy atom. The van der Waals surface area contributed by atoms with Crippen LogP contribution in [0.15, 0.2) is 59.4 Å². The molecule has 0 amide bonds. The van der Waals surface area contributed by atoms with Crippen LogP contribution < -0.4 is 5.56 Å². The van der Waals surface area contributed by atoms with Crippen LogP contribution in [0, 0.1) is 6.92 Å². The van der Waals surface area contributed by atoms with Crippen LogP contribution in [0.4, 0.5) is 0 Å². The van der Waals surface area contributed by atoms with E-state index in [-0.39, 0.29) is 21.9 Å². The minimum absolute atomic E-state index is 0.126. The second-order valence-electron chi connectivity index (χ2n) is 5.67. The lowest BCUT2D eigenvalue weighted by Gasteiger charge is -2.21. The molecule has 0 N–H and O–H groups in total. The molecule has 0 unspecified atom stereocenters. The van der Waals surface area contributed by atoms with Crippen molar-refractivity contribution in [3.05, 3.63) is 86.4 Å². The van der Waals surface area contributed by atoms with Gasteiger partial charge in [-0.25, -0.2) is 4.98 Å². The molecule has 1 heterocycles. The molecule has 3 aromatic rings. The zero-order valence-corrected chi connectivity index (χ0v) is 14.8. The van der Waals surface area contributed by atoms with Gasteiger partial charge in [-0.3, -0.25) is 9.36 Å². The van der Waals surface area contributed by atoms with Crippen molar-refractivity contribution >= 4 is 23.2 Å². The largest absolute Gasteiger partial charge is 0.295 e. The fourth-order valence-corrected chi connectivity index (χ4v) is 3.29. The quantitative estimate of drug-likeness (QED) is 0.649. The van der Waals surface area contributed by atoms with E-state index >= 15 is 0 Å². The molecular weight excluding hydrogens is 343 g/mol. The molecule has 3 nitrogen and oxygen atoms in total. The summed E-state index contributed by atoms with van der Waals surface area (Å²) in [5.41, 5.74) is 3.13. The minimum Gasteiger partial charge on any atom is -0.295 e. The molecule has 0 aliphatic heterocycles. The maximum atomic E-state index is 12.7. The molecule has 5 heteroatoms. The first-order valence-corrected chi connectivity index (χ1v) is 8.34. The second-order valence-corrected chi connectivity index (χ2v) is 6.39. The minimum atomic E-state index is -0.353. The van der Waals surface area contributed by atoms with E-state index in [9.17, 15) is 4.79 Å². The Morgan fingerprint density at radius 2 is 1.71 bits per heavy atom. The Morgan fingerprint density at radius 1 is 1.00 bits per heavy atom. The molecule has 3 rings (SSSR count). The maximum absolute atomic E-state index is 12.7. The van der Waals surface area contributed by atoms with Crippen molar-refractivity contribution in [2.24, 2.45) is 0 Å². The summed E-state index contributed by atoms with van der Waals surface area (Å²) in [6.45, 7) is 3.94. The van der Waals surface area contributed by atoms with Gasteiger partial charge in [0.05, 0.1) is 11.7 Å². The third-order valence-corrected chi connectivity index (χ3v) is 4.50. The smallest absolute Gasteiger partial charge is 0.289 e. The summed E-state index contributed by atoms with van der Waals surface area (Å²) in [7, 11) is 0. The summed E-state index contributed by atoms with van der Waals surface area (Å²) in [6, 6.07) is 17.3. The molecule has 0 aliphatic rings. The van der Waals surface area contributed by atoms with Crippen molar-refractivity contribution in [1.82, 2.24) is 9.55 Å². The summed E-state index contributed by atoms with van der Waals surface area (Å²) in [5.74, 6) is 0. The maximum Gasteiger partial charge on any atom is 0.289 e. The van der Waals surface area contributed by atoms with Gasteiger partial charge in [0.2, 0.25) is 0 Å². The molecule has 0 bridgehead atoms. The normalized spacial score (nSPS) is 12.2. The lowest BCUT2D eigenvalue weighted by molar-refractivity contribution is 0.617. The van der Waals surface area contributed by atoms with E-state index in [1.807, 2.05) is 68.4 Å². The number of nitrogens with zero attached hydrogens (tertiary/aromatic N) is 2. The van der Waals surface area contributed by atoms with Gasteiger partial charge in [-0.15, -0.1) is 0 Å². The molecule has 0 radical (unpaired) electrons. The van der Waals surface area contributed by atoms with E-state index in [0.717, 1.165) is 16.7 Å². The summed E-state index contributed by atoms with van der Waals surface area (Å²) in [4.78, 5) is 16.7. The van der Waals surface area contributed by atoms with Gasteiger partial charge in [0, 0.05) is 5.56 Å². The molecule has 1 aromatic heterocycles. The van der Waals surface area contributed by atoms with Gasteiger partial charge in [-0.2, -0.15) is 0 Å². The fourth-order valence-electron chi connectivity index (χ4n) is 2.79. The number of benzene rings is 2. The lowest BCUT2D eigenvalue weighted by atomic mass is 10.1. The van der Waals surface area contributed by atoms with Crippen LogP contribution in [0.2, 0.25) is 10.3 Å². The first kappa shape index (κ1) is 16.7. The molecule has 2 aromatic carbocycles. The van der Waals surface area contributed by atoms with E-state index in [4.69, 9.17) is 23.2 Å². The van der Waals surface area contributed by atoms with Gasteiger partial charge in [0.1, 0.15) is 0 Å². The Bertz CT molecular complexity index is 936. The van der Waals surface area contributed by atoms with E-state index in [2.05, 4.69) is 4.98 Å². The van der Waals surface area contributed by atoms with Gasteiger partial charge < -0.3 is 0 Å². The summed E-state index contributed by atoms with van der Waals surface area (Å²) in [5, 5.41) is 0.0900. The molecule has 0 aliphatic carbocycles. The number of hydrogen-bond donors (Lipinski definition) is 0. The molecule has 0 saturated heterocycles. The third-order valence-electron chi connectivity index (χ3n) is 3.99. The molecule has 1 atom stereocenters. The number of rotatable bonds is 3. The summed E-state index contributed by atoms with van der Waals surface area (Å²) in [6.07, 6.45) is 0. The molecule has 24 heavy (non-hydrogen) atoms. The highest BCUT2D eigenvalue weighted by Crippen LogP contribution is 2.31. The predicted molar refractivity (Wildman–Crippen MR) is 98.9 cm³/mol. The van der Waals surface area contributed by atoms with Crippen molar-refractivity contribution < 1.29 is 0 Å². The van der Waals surface area contributed by atoms with Gasteiger partial charge >= 0.3 is 0 Å². The van der Waals surface area contributed by atoms with Crippen LogP contribution in [0.5, 0.6) is 0 Å². The van der Waals surface area contributed by atoms with Crippen LogP contribution in [-0.4, -0.2) is 9.55 Å². The average Bonchev–Trinajstić information content (AvgIpc) is 2.58. The Hall–Kier alpha value is -2.10. The van der Waals surface area contributed by atoms with Gasteiger partial charge in [-0.05, 0) is 25.5 Å². The first-order chi connectivity index (χ1) is 11.5. The first-order valence-electron chi connectivity index (χ1n) is 7.58. The van der Waals surface area contributed by atoms with Crippen molar-refractivity contribution in [1.29, 1.82) is 0 Å². The summed E-state index contributed by atoms with van der Waals surface area (Å²) < 4.78 is 1.61. The van der Waals surface area contributed by atoms with E-state index in [1.165, 1.54) is 0 Å². The van der Waals surface area contributed by atoms with Gasteiger partial charge in [0.25, 0.3) is 5.56 Å².